The highest BCUT2D eigenvalue weighted by Crippen LogP contribution is 2.11. The molecule has 0 aromatic heterocycles. The van der Waals surface area contributed by atoms with E-state index < -0.39 is 0 Å². The molecule has 2 N–H and O–H groups in total. The predicted molar refractivity (Wildman–Crippen MR) is 69.0 cm³/mol. The summed E-state index contributed by atoms with van der Waals surface area (Å²) in [5, 5.41) is 0. The lowest BCUT2D eigenvalue weighted by molar-refractivity contribution is 0.588. The van der Waals surface area contributed by atoms with Crippen molar-refractivity contribution in [1.82, 2.24) is 0 Å². The van der Waals surface area contributed by atoms with Crippen molar-refractivity contribution in [2.24, 2.45) is 10.7 Å². The van der Waals surface area contributed by atoms with Crippen molar-refractivity contribution in [3.8, 4) is 0 Å². The molecule has 0 aromatic rings. The maximum atomic E-state index is 5.47. The topological polar surface area (TPSA) is 38.4 Å². The van der Waals surface area contributed by atoms with Gasteiger partial charge in [-0.3, -0.25) is 0 Å². The standard InChI is InChI=1S/C13H26N2/c1-4-5-6-7-8-9-10-11-12(2)15-13(3)14/h2,4-11H2,1,3H3,(H2,14,15). The van der Waals surface area contributed by atoms with Crippen LogP contribution in [0.15, 0.2) is 17.3 Å². The quantitative estimate of drug-likeness (QED) is 0.348. The minimum atomic E-state index is 0.614. The Morgan fingerprint density at radius 1 is 1.07 bits per heavy atom. The summed E-state index contributed by atoms with van der Waals surface area (Å²) in [6, 6.07) is 0. The monoisotopic (exact) mass is 210 g/mol. The molecule has 0 aliphatic rings. The highest BCUT2D eigenvalue weighted by molar-refractivity contribution is 5.78. The normalized spacial score (nSPS) is 11.7. The Labute approximate surface area is 94.7 Å². The van der Waals surface area contributed by atoms with Gasteiger partial charge in [0, 0.05) is 5.70 Å². The lowest BCUT2D eigenvalue weighted by Crippen LogP contribution is -2.05. The Morgan fingerprint density at radius 3 is 2.13 bits per heavy atom. The van der Waals surface area contributed by atoms with Crippen molar-refractivity contribution in [2.45, 2.75) is 65.2 Å². The summed E-state index contributed by atoms with van der Waals surface area (Å²) >= 11 is 0. The third-order valence-corrected chi connectivity index (χ3v) is 2.40. The molecular weight excluding hydrogens is 184 g/mol. The van der Waals surface area contributed by atoms with Crippen LogP contribution in [-0.4, -0.2) is 5.84 Å². The molecule has 0 aliphatic heterocycles. The van der Waals surface area contributed by atoms with Gasteiger partial charge in [0.15, 0.2) is 0 Å². The van der Waals surface area contributed by atoms with Gasteiger partial charge in [-0.25, -0.2) is 4.99 Å². The molecule has 0 fully saturated rings. The Hall–Kier alpha value is -0.790. The molecule has 0 spiro atoms. The van der Waals surface area contributed by atoms with Gasteiger partial charge >= 0.3 is 0 Å². The van der Waals surface area contributed by atoms with E-state index >= 15 is 0 Å². The first-order chi connectivity index (χ1) is 7.16. The zero-order chi connectivity index (χ0) is 11.5. The minimum absolute atomic E-state index is 0.614. The lowest BCUT2D eigenvalue weighted by Gasteiger charge is -2.01. The summed E-state index contributed by atoms with van der Waals surface area (Å²) in [6.45, 7) is 7.92. The van der Waals surface area contributed by atoms with Crippen molar-refractivity contribution in [1.29, 1.82) is 0 Å². The van der Waals surface area contributed by atoms with E-state index in [9.17, 15) is 0 Å². The fourth-order valence-electron chi connectivity index (χ4n) is 1.59. The maximum absolute atomic E-state index is 5.47. The molecule has 0 saturated carbocycles. The molecule has 15 heavy (non-hydrogen) atoms. The molecule has 0 saturated heterocycles. The first-order valence-corrected chi connectivity index (χ1v) is 6.15. The smallest absolute Gasteiger partial charge is 0.0960 e. The molecule has 2 heteroatoms. The zero-order valence-electron chi connectivity index (χ0n) is 10.4. The minimum Gasteiger partial charge on any atom is -0.387 e. The third-order valence-electron chi connectivity index (χ3n) is 2.40. The van der Waals surface area contributed by atoms with Gasteiger partial charge in [-0.05, 0) is 19.8 Å². The number of amidine groups is 1. The van der Waals surface area contributed by atoms with Gasteiger partial charge in [0.1, 0.15) is 0 Å². The van der Waals surface area contributed by atoms with Gasteiger partial charge in [0.2, 0.25) is 0 Å². The molecule has 0 rings (SSSR count). The van der Waals surface area contributed by atoms with E-state index in [0.29, 0.717) is 5.84 Å². The van der Waals surface area contributed by atoms with Crippen molar-refractivity contribution in [2.75, 3.05) is 0 Å². The number of allylic oxidation sites excluding steroid dienone is 1. The molecule has 0 amide bonds. The molecular formula is C13H26N2. The van der Waals surface area contributed by atoms with E-state index in [1.54, 1.807) is 6.92 Å². The molecule has 0 aromatic carbocycles. The van der Waals surface area contributed by atoms with Crippen LogP contribution < -0.4 is 5.73 Å². The first-order valence-electron chi connectivity index (χ1n) is 6.15. The molecule has 0 unspecified atom stereocenters. The van der Waals surface area contributed by atoms with Crippen LogP contribution in [0.1, 0.15) is 65.2 Å². The van der Waals surface area contributed by atoms with Crippen molar-refractivity contribution in [3.63, 3.8) is 0 Å². The average molecular weight is 210 g/mol. The molecule has 88 valence electrons. The highest BCUT2D eigenvalue weighted by atomic mass is 14.8. The fourth-order valence-corrected chi connectivity index (χ4v) is 1.59. The number of unbranched alkanes of at least 4 members (excludes halogenated alkanes) is 6. The summed E-state index contributed by atoms with van der Waals surface area (Å²) in [5.74, 6) is 0.614. The van der Waals surface area contributed by atoms with E-state index in [2.05, 4.69) is 18.5 Å². The second-order valence-electron chi connectivity index (χ2n) is 4.19. The molecule has 0 bridgehead atoms. The van der Waals surface area contributed by atoms with E-state index in [4.69, 9.17) is 5.73 Å². The first kappa shape index (κ1) is 14.2. The molecule has 0 atom stereocenters. The van der Waals surface area contributed by atoms with Gasteiger partial charge in [-0.2, -0.15) is 0 Å². The van der Waals surface area contributed by atoms with Gasteiger partial charge in [-0.1, -0.05) is 52.0 Å². The Kier molecular flexibility index (Phi) is 9.24. The lowest BCUT2D eigenvalue weighted by atomic mass is 10.1. The Bertz CT molecular complexity index is 191. The van der Waals surface area contributed by atoms with Gasteiger partial charge < -0.3 is 5.73 Å². The van der Waals surface area contributed by atoms with Crippen LogP contribution >= 0.6 is 0 Å². The number of hydrogen-bond donors (Lipinski definition) is 1. The number of rotatable bonds is 9. The maximum Gasteiger partial charge on any atom is 0.0960 e. The summed E-state index contributed by atoms with van der Waals surface area (Å²) in [4.78, 5) is 4.12. The Balaban J connectivity index is 3.24. The summed E-state index contributed by atoms with van der Waals surface area (Å²) in [6.07, 6.45) is 10.3. The van der Waals surface area contributed by atoms with Crippen molar-refractivity contribution >= 4 is 5.84 Å². The van der Waals surface area contributed by atoms with Crippen molar-refractivity contribution in [3.05, 3.63) is 12.3 Å². The van der Waals surface area contributed by atoms with E-state index in [0.717, 1.165) is 12.1 Å². The number of aliphatic imine (C=N–C) groups is 1. The fraction of sp³-hybridized carbons (Fsp3) is 0.769. The zero-order valence-corrected chi connectivity index (χ0v) is 10.4. The van der Waals surface area contributed by atoms with Crippen LogP contribution in [0.2, 0.25) is 0 Å². The van der Waals surface area contributed by atoms with Crippen LogP contribution in [0.5, 0.6) is 0 Å². The largest absolute Gasteiger partial charge is 0.387 e. The Morgan fingerprint density at radius 2 is 1.60 bits per heavy atom. The number of nitrogens with two attached hydrogens (primary N) is 1. The summed E-state index contributed by atoms with van der Waals surface area (Å²) < 4.78 is 0. The molecule has 0 radical (unpaired) electrons. The van der Waals surface area contributed by atoms with Crippen LogP contribution in [0, 0.1) is 0 Å². The van der Waals surface area contributed by atoms with Gasteiger partial charge in [0.05, 0.1) is 5.84 Å². The molecule has 2 nitrogen and oxygen atoms in total. The summed E-state index contributed by atoms with van der Waals surface area (Å²) in [7, 11) is 0. The van der Waals surface area contributed by atoms with Crippen LogP contribution in [0.4, 0.5) is 0 Å². The van der Waals surface area contributed by atoms with Gasteiger partial charge in [0.25, 0.3) is 0 Å². The van der Waals surface area contributed by atoms with Crippen LogP contribution in [0.25, 0.3) is 0 Å². The SMILES string of the molecule is C=C(CCCCCCCCC)N=C(C)N. The average Bonchev–Trinajstić information content (AvgIpc) is 2.15. The van der Waals surface area contributed by atoms with Crippen molar-refractivity contribution < 1.29 is 0 Å². The second-order valence-corrected chi connectivity index (χ2v) is 4.19. The predicted octanol–water partition coefficient (Wildman–Crippen LogP) is 4.02. The highest BCUT2D eigenvalue weighted by Gasteiger charge is 1.94. The second kappa shape index (κ2) is 9.75. The van der Waals surface area contributed by atoms with E-state index in [-0.39, 0.29) is 0 Å². The third kappa shape index (κ3) is 11.1. The van der Waals surface area contributed by atoms with Crippen LogP contribution in [0.3, 0.4) is 0 Å². The van der Waals surface area contributed by atoms with Crippen LogP contribution in [-0.2, 0) is 0 Å². The molecule has 0 heterocycles. The van der Waals surface area contributed by atoms with E-state index in [1.165, 1.54) is 44.9 Å². The van der Waals surface area contributed by atoms with Gasteiger partial charge in [-0.15, -0.1) is 0 Å². The van der Waals surface area contributed by atoms with E-state index in [1.807, 2.05) is 0 Å². The number of hydrogen-bond acceptors (Lipinski definition) is 1. The summed E-state index contributed by atoms with van der Waals surface area (Å²) in [5.41, 5.74) is 6.39. The molecule has 0 aliphatic carbocycles. The number of nitrogens with zero attached hydrogens (tertiary/aromatic N) is 1.